The van der Waals surface area contributed by atoms with Crippen molar-refractivity contribution in [1.29, 1.82) is 0 Å². The minimum absolute atomic E-state index is 0.0190. The minimum Gasteiger partial charge on any atom is -0.310 e. The molecule has 4 heterocycles. The Bertz CT molecular complexity index is 5000. The first-order valence-corrected chi connectivity index (χ1v) is 33.0. The molecule has 0 spiro atoms. The van der Waals surface area contributed by atoms with Gasteiger partial charge in [0.2, 0.25) is 0 Å². The maximum Gasteiger partial charge on any atom is 0.252 e. The Labute approximate surface area is 546 Å². The molecule has 0 radical (unpaired) electrons. The third-order valence-corrected chi connectivity index (χ3v) is 20.0. The molecule has 0 aliphatic carbocycles. The van der Waals surface area contributed by atoms with Crippen LogP contribution in [0, 0.1) is 0 Å². The van der Waals surface area contributed by atoms with Crippen molar-refractivity contribution in [3.63, 3.8) is 0 Å². The smallest absolute Gasteiger partial charge is 0.252 e. The molecule has 0 unspecified atom stereocenters. The first kappa shape index (κ1) is 56.1. The highest BCUT2D eigenvalue weighted by molar-refractivity contribution is 7.00. The number of para-hydroxylation sites is 4. The molecule has 15 aromatic rings. The first-order valence-electron chi connectivity index (χ1n) is 33.0. The lowest BCUT2D eigenvalue weighted by atomic mass is 9.33. The molecule has 0 fully saturated rings. The zero-order valence-electron chi connectivity index (χ0n) is 53.8. The van der Waals surface area contributed by atoms with Gasteiger partial charge in [0.05, 0.1) is 33.4 Å². The number of aryl methyl sites for hydroxylation is 1. The number of nitrogens with zero attached hydrogens (tertiary/aromatic N) is 4. The molecule has 2 aliphatic rings. The molecule has 0 saturated heterocycles. The molecule has 93 heavy (non-hydrogen) atoms. The van der Waals surface area contributed by atoms with Crippen LogP contribution in [0.5, 0.6) is 0 Å². The van der Waals surface area contributed by atoms with Gasteiger partial charge in [-0.15, -0.1) is 0 Å². The maximum absolute atomic E-state index is 2.69. The summed E-state index contributed by atoms with van der Waals surface area (Å²) in [5.41, 5.74) is 30.8. The van der Waals surface area contributed by atoms with Crippen molar-refractivity contribution < 1.29 is 0 Å². The molecule has 0 N–H and O–H groups in total. The summed E-state index contributed by atoms with van der Waals surface area (Å²) in [6, 6.07) is 110. The van der Waals surface area contributed by atoms with Crippen molar-refractivity contribution >= 4 is 101 Å². The van der Waals surface area contributed by atoms with E-state index < -0.39 is 0 Å². The highest BCUT2D eigenvalue weighted by Gasteiger charge is 2.46. The summed E-state index contributed by atoms with van der Waals surface area (Å²) in [6.45, 7) is 16.0. The summed E-state index contributed by atoms with van der Waals surface area (Å²) in [5, 5.41) is 5.02. The third-order valence-electron chi connectivity index (χ3n) is 20.0. The first-order chi connectivity index (χ1) is 45.4. The fourth-order valence-electron chi connectivity index (χ4n) is 15.4. The summed E-state index contributed by atoms with van der Waals surface area (Å²) >= 11 is 0. The number of hydrogen-bond acceptors (Lipinski definition) is 2. The van der Waals surface area contributed by atoms with Gasteiger partial charge in [0.25, 0.3) is 6.71 Å². The van der Waals surface area contributed by atoms with Crippen LogP contribution in [0.3, 0.4) is 0 Å². The molecule has 17 rings (SSSR count). The van der Waals surface area contributed by atoms with E-state index in [-0.39, 0.29) is 17.5 Å². The Balaban J connectivity index is 1.02. The van der Waals surface area contributed by atoms with Crippen LogP contribution in [-0.4, -0.2) is 15.8 Å². The van der Waals surface area contributed by atoms with Crippen LogP contribution >= 0.6 is 0 Å². The summed E-state index contributed by atoms with van der Waals surface area (Å²) in [7, 11) is 0. The summed E-state index contributed by atoms with van der Waals surface area (Å²) in [4.78, 5) is 5.37. The molecule has 2 aromatic heterocycles. The van der Waals surface area contributed by atoms with E-state index in [2.05, 4.69) is 359 Å². The van der Waals surface area contributed by atoms with E-state index in [9.17, 15) is 0 Å². The van der Waals surface area contributed by atoms with Crippen LogP contribution in [0.15, 0.2) is 291 Å². The second-order valence-electron chi connectivity index (χ2n) is 27.5. The van der Waals surface area contributed by atoms with Gasteiger partial charge in [0.1, 0.15) is 0 Å². The lowest BCUT2D eigenvalue weighted by Gasteiger charge is -2.46. The lowest BCUT2D eigenvalue weighted by molar-refractivity contribution is 0.591. The van der Waals surface area contributed by atoms with E-state index in [1.54, 1.807) is 0 Å². The Hall–Kier alpha value is -10.9. The van der Waals surface area contributed by atoms with Crippen LogP contribution in [0.2, 0.25) is 0 Å². The highest BCUT2D eigenvalue weighted by Crippen LogP contribution is 2.54. The van der Waals surface area contributed by atoms with Crippen molar-refractivity contribution in [2.24, 2.45) is 0 Å². The van der Waals surface area contributed by atoms with E-state index in [0.717, 1.165) is 85.1 Å². The van der Waals surface area contributed by atoms with Gasteiger partial charge < -0.3 is 18.9 Å². The normalized spacial score (nSPS) is 12.9. The quantitative estimate of drug-likeness (QED) is 0.134. The van der Waals surface area contributed by atoms with Gasteiger partial charge in [-0.25, -0.2) is 0 Å². The van der Waals surface area contributed by atoms with E-state index in [1.807, 2.05) is 0 Å². The molecule has 446 valence electrons. The maximum atomic E-state index is 2.69. The van der Waals surface area contributed by atoms with E-state index >= 15 is 0 Å². The van der Waals surface area contributed by atoms with Gasteiger partial charge >= 0.3 is 0 Å². The van der Waals surface area contributed by atoms with E-state index in [0.29, 0.717) is 0 Å². The molecule has 2 aliphatic heterocycles. The summed E-state index contributed by atoms with van der Waals surface area (Å²) in [6.07, 6.45) is 0.819. The number of rotatable bonds is 9. The Morgan fingerprint density at radius 3 is 1.00 bits per heavy atom. The van der Waals surface area contributed by atoms with E-state index in [4.69, 9.17) is 0 Å². The Morgan fingerprint density at radius 2 is 0.645 bits per heavy atom. The zero-order valence-corrected chi connectivity index (χ0v) is 53.8. The number of aromatic nitrogens is 2. The average Bonchev–Trinajstić information content (AvgIpc) is 1.20. The number of anilines is 6. The van der Waals surface area contributed by atoms with Crippen LogP contribution in [-0.2, 0) is 17.3 Å². The van der Waals surface area contributed by atoms with Gasteiger partial charge in [-0.2, -0.15) is 0 Å². The predicted octanol–water partition coefficient (Wildman–Crippen LogP) is 21.8. The Morgan fingerprint density at radius 1 is 0.301 bits per heavy atom. The lowest BCUT2D eigenvalue weighted by Crippen LogP contribution is -2.61. The van der Waals surface area contributed by atoms with Crippen molar-refractivity contribution in [3.05, 3.63) is 308 Å². The van der Waals surface area contributed by atoms with E-state index in [1.165, 1.54) is 88.1 Å². The number of benzene rings is 13. The van der Waals surface area contributed by atoms with Crippen molar-refractivity contribution in [2.45, 2.75) is 65.7 Å². The topological polar surface area (TPSA) is 16.3 Å². The molecule has 13 aromatic carbocycles. The van der Waals surface area contributed by atoms with Crippen molar-refractivity contribution in [3.8, 4) is 55.9 Å². The number of hydrogen-bond donors (Lipinski definition) is 0. The second kappa shape index (κ2) is 21.6. The fourth-order valence-corrected chi connectivity index (χ4v) is 15.4. The standard InChI is InChI=1S/C88H71BN4/c1-8-57-51-82-84-83(52-57)93(86-68(60-31-17-11-18-32-60)39-26-40-69(86)61-33-19-12-20-34-61)81-56-65(91-77-42-24-22-36-71(77)73-54-63(88(5,6)7)44-50-79(73)91)46-48-75(81)89(84)74-47-45-64(90-76-41-23-21-35-70(76)72-53-62(87(2,3)4)43-49-78(72)90)55-80(74)92(82)85-66(58-27-13-9-14-28-58)37-25-38-67(85)59-29-15-10-16-30-59/h9-56H,8H2,1-7H3. The third kappa shape index (κ3) is 9.03. The van der Waals surface area contributed by atoms with Gasteiger partial charge in [-0.3, -0.25) is 0 Å². The zero-order chi connectivity index (χ0) is 62.9. The molecular weight excluding hydrogens is 1120 g/mol. The van der Waals surface area contributed by atoms with Crippen LogP contribution < -0.4 is 26.2 Å². The van der Waals surface area contributed by atoms with Crippen molar-refractivity contribution in [2.75, 3.05) is 9.80 Å². The molecule has 0 saturated carbocycles. The summed E-state index contributed by atoms with van der Waals surface area (Å²) in [5.74, 6) is 0. The monoisotopic (exact) mass is 1190 g/mol. The van der Waals surface area contributed by atoms with Crippen molar-refractivity contribution in [1.82, 2.24) is 9.13 Å². The molecule has 0 amide bonds. The molecular formula is C88H71BN4. The SMILES string of the molecule is CCc1cc2c3c(c1)N(c1c(-c4ccccc4)cccc1-c1ccccc1)c1cc(-n4c5ccccc5c5cc(C(C)(C)C)ccc54)ccc1B3c1ccc(-n3c4ccccc4c4cc(C(C)(C)C)ccc43)cc1N2c1c(-c2ccccc2)cccc1-c1ccccc1. The van der Waals surface area contributed by atoms with Crippen LogP contribution in [0.25, 0.3) is 99.5 Å². The largest absolute Gasteiger partial charge is 0.310 e. The summed E-state index contributed by atoms with van der Waals surface area (Å²) < 4.78 is 5.04. The van der Waals surface area contributed by atoms with Gasteiger partial charge in [0, 0.05) is 77.9 Å². The fraction of sp³-hybridized carbons (Fsp3) is 0.114. The molecule has 4 nitrogen and oxygen atoms in total. The average molecular weight is 1200 g/mol. The molecule has 5 heteroatoms. The minimum atomic E-state index is -0.186. The van der Waals surface area contributed by atoms with Gasteiger partial charge in [-0.05, 0) is 145 Å². The molecule has 0 atom stereocenters. The van der Waals surface area contributed by atoms with Gasteiger partial charge in [0.15, 0.2) is 0 Å². The second-order valence-corrected chi connectivity index (χ2v) is 27.5. The van der Waals surface area contributed by atoms with Gasteiger partial charge in [-0.1, -0.05) is 267 Å². The Kier molecular flexibility index (Phi) is 13.1. The highest BCUT2D eigenvalue weighted by atomic mass is 15.2. The van der Waals surface area contributed by atoms with Crippen LogP contribution in [0.4, 0.5) is 34.1 Å². The van der Waals surface area contributed by atoms with Crippen LogP contribution in [0.1, 0.15) is 65.2 Å². The number of fused-ring (bicyclic) bond motifs is 10. The predicted molar refractivity (Wildman–Crippen MR) is 398 cm³/mol. The molecule has 0 bridgehead atoms.